The second-order valence-corrected chi connectivity index (χ2v) is 6.00. The van der Waals surface area contributed by atoms with Gasteiger partial charge >= 0.3 is 0 Å². The Morgan fingerprint density at radius 1 is 1.04 bits per heavy atom. The van der Waals surface area contributed by atoms with E-state index in [1.807, 2.05) is 43.4 Å². The second-order valence-electron chi connectivity index (χ2n) is 6.00. The lowest BCUT2D eigenvalue weighted by Gasteiger charge is -2.34. The molecule has 25 heavy (non-hydrogen) atoms. The third-order valence-corrected chi connectivity index (χ3v) is 4.29. The van der Waals surface area contributed by atoms with Crippen molar-refractivity contribution < 1.29 is 4.74 Å². The van der Waals surface area contributed by atoms with Gasteiger partial charge in [0.15, 0.2) is 5.96 Å². The number of para-hydroxylation sites is 1. The first-order valence-corrected chi connectivity index (χ1v) is 8.56. The number of ether oxygens (including phenoxy) is 1. The van der Waals surface area contributed by atoms with Crippen LogP contribution in [0.4, 0.5) is 0 Å². The van der Waals surface area contributed by atoms with Gasteiger partial charge in [-0.2, -0.15) is 0 Å². The summed E-state index contributed by atoms with van der Waals surface area (Å²) in [6, 6.07) is 20.5. The van der Waals surface area contributed by atoms with Crippen LogP contribution in [0.3, 0.4) is 0 Å². The molecule has 1 aliphatic rings. The number of hydrogen-bond acceptors (Lipinski definition) is 2. The average molecular weight is 451 g/mol. The van der Waals surface area contributed by atoms with Crippen molar-refractivity contribution in [1.82, 2.24) is 10.2 Å². The van der Waals surface area contributed by atoms with E-state index in [0.717, 1.165) is 44.2 Å². The summed E-state index contributed by atoms with van der Waals surface area (Å²) in [4.78, 5) is 6.74. The number of nitrogens with one attached hydrogen (secondary N) is 1. The minimum atomic E-state index is 0. The normalized spacial score (nSPS) is 15.4. The molecular formula is C20H26IN3O. The van der Waals surface area contributed by atoms with E-state index in [0.29, 0.717) is 0 Å². The maximum Gasteiger partial charge on any atom is 0.193 e. The molecule has 0 saturated carbocycles. The fourth-order valence-corrected chi connectivity index (χ4v) is 2.99. The highest BCUT2D eigenvalue weighted by atomic mass is 127. The van der Waals surface area contributed by atoms with E-state index in [4.69, 9.17) is 4.74 Å². The maximum atomic E-state index is 6.06. The fraction of sp³-hybridized carbons (Fsp3) is 0.350. The van der Waals surface area contributed by atoms with E-state index >= 15 is 0 Å². The molecule has 1 aliphatic heterocycles. The van der Waals surface area contributed by atoms with Crippen molar-refractivity contribution in [1.29, 1.82) is 0 Å². The SMILES string of the molecule is CN=C(NCc1ccccc1)N1CCC(Oc2ccccc2)CC1.I. The molecule has 1 N–H and O–H groups in total. The second kappa shape index (κ2) is 10.3. The largest absolute Gasteiger partial charge is 0.490 e. The standard InChI is InChI=1S/C20H25N3O.HI/c1-21-20(22-16-17-8-4-2-5-9-17)23-14-12-19(13-15-23)24-18-10-6-3-7-11-18;/h2-11,19H,12-16H2,1H3,(H,21,22);1H. The van der Waals surface area contributed by atoms with Gasteiger partial charge in [0, 0.05) is 39.5 Å². The lowest BCUT2D eigenvalue weighted by Crippen LogP contribution is -2.47. The molecule has 0 unspecified atom stereocenters. The Morgan fingerprint density at radius 2 is 1.64 bits per heavy atom. The monoisotopic (exact) mass is 451 g/mol. The quantitative estimate of drug-likeness (QED) is 0.435. The Balaban J connectivity index is 0.00000225. The van der Waals surface area contributed by atoms with Crippen LogP contribution in [0.1, 0.15) is 18.4 Å². The van der Waals surface area contributed by atoms with Crippen molar-refractivity contribution in [2.75, 3.05) is 20.1 Å². The molecule has 1 fully saturated rings. The Morgan fingerprint density at radius 3 is 2.24 bits per heavy atom. The molecule has 3 rings (SSSR count). The van der Waals surface area contributed by atoms with Crippen LogP contribution in [0.25, 0.3) is 0 Å². The van der Waals surface area contributed by atoms with Gasteiger partial charge in [-0.25, -0.2) is 0 Å². The molecule has 1 saturated heterocycles. The summed E-state index contributed by atoms with van der Waals surface area (Å²) in [6.07, 6.45) is 2.32. The number of guanidine groups is 1. The summed E-state index contributed by atoms with van der Waals surface area (Å²) in [5.74, 6) is 1.93. The van der Waals surface area contributed by atoms with Crippen molar-refractivity contribution in [3.05, 3.63) is 66.2 Å². The van der Waals surface area contributed by atoms with E-state index in [2.05, 4.69) is 39.5 Å². The Kier molecular flexibility index (Phi) is 8.04. The first-order chi connectivity index (χ1) is 11.8. The van der Waals surface area contributed by atoms with Crippen LogP contribution in [-0.2, 0) is 6.54 Å². The molecular weight excluding hydrogens is 425 g/mol. The average Bonchev–Trinajstić information content (AvgIpc) is 2.65. The molecule has 1 heterocycles. The van der Waals surface area contributed by atoms with Crippen LogP contribution in [0.2, 0.25) is 0 Å². The highest BCUT2D eigenvalue weighted by Gasteiger charge is 2.22. The first kappa shape index (κ1) is 19.6. The van der Waals surface area contributed by atoms with E-state index in [9.17, 15) is 0 Å². The summed E-state index contributed by atoms with van der Waals surface area (Å²) < 4.78 is 6.06. The number of rotatable bonds is 4. The van der Waals surface area contributed by atoms with E-state index in [-0.39, 0.29) is 30.1 Å². The third-order valence-electron chi connectivity index (χ3n) is 4.29. The Bertz CT molecular complexity index is 641. The van der Waals surface area contributed by atoms with Crippen LogP contribution in [0, 0.1) is 0 Å². The number of halogens is 1. The molecule has 0 amide bonds. The van der Waals surface area contributed by atoms with Crippen molar-refractivity contribution in [2.24, 2.45) is 4.99 Å². The molecule has 0 aromatic heterocycles. The van der Waals surface area contributed by atoms with Crippen LogP contribution in [0.5, 0.6) is 5.75 Å². The fourth-order valence-electron chi connectivity index (χ4n) is 2.99. The van der Waals surface area contributed by atoms with Crippen LogP contribution in [-0.4, -0.2) is 37.1 Å². The predicted octanol–water partition coefficient (Wildman–Crippen LogP) is 3.92. The van der Waals surface area contributed by atoms with Crippen molar-refractivity contribution >= 4 is 29.9 Å². The lowest BCUT2D eigenvalue weighted by molar-refractivity contribution is 0.129. The van der Waals surface area contributed by atoms with Gasteiger partial charge in [-0.3, -0.25) is 4.99 Å². The van der Waals surface area contributed by atoms with Gasteiger partial charge in [-0.15, -0.1) is 24.0 Å². The topological polar surface area (TPSA) is 36.9 Å². The number of likely N-dealkylation sites (tertiary alicyclic amines) is 1. The number of piperidine rings is 1. The molecule has 2 aromatic carbocycles. The predicted molar refractivity (Wildman–Crippen MR) is 114 cm³/mol. The smallest absolute Gasteiger partial charge is 0.193 e. The van der Waals surface area contributed by atoms with Crippen LogP contribution >= 0.6 is 24.0 Å². The third kappa shape index (κ3) is 5.92. The number of benzene rings is 2. The molecule has 0 spiro atoms. The molecule has 4 nitrogen and oxygen atoms in total. The maximum absolute atomic E-state index is 6.06. The van der Waals surface area contributed by atoms with Crippen molar-refractivity contribution in [3.63, 3.8) is 0 Å². The van der Waals surface area contributed by atoms with Gasteiger partial charge in [-0.05, 0) is 17.7 Å². The zero-order valence-corrected chi connectivity index (χ0v) is 16.9. The highest BCUT2D eigenvalue weighted by Crippen LogP contribution is 2.18. The lowest BCUT2D eigenvalue weighted by atomic mass is 10.1. The molecule has 134 valence electrons. The van der Waals surface area contributed by atoms with Gasteiger partial charge in [0.2, 0.25) is 0 Å². The van der Waals surface area contributed by atoms with E-state index in [1.54, 1.807) is 0 Å². The highest BCUT2D eigenvalue weighted by molar-refractivity contribution is 14.0. The number of aliphatic imine (C=N–C) groups is 1. The Labute approximate surface area is 167 Å². The Hall–Kier alpha value is -1.76. The molecule has 0 atom stereocenters. The summed E-state index contributed by atoms with van der Waals surface area (Å²) >= 11 is 0. The summed E-state index contributed by atoms with van der Waals surface area (Å²) in [7, 11) is 1.85. The van der Waals surface area contributed by atoms with E-state index < -0.39 is 0 Å². The molecule has 0 radical (unpaired) electrons. The molecule has 5 heteroatoms. The molecule has 2 aromatic rings. The summed E-state index contributed by atoms with van der Waals surface area (Å²) in [6.45, 7) is 2.73. The minimum absolute atomic E-state index is 0. The number of nitrogens with zero attached hydrogens (tertiary/aromatic N) is 2. The van der Waals surface area contributed by atoms with Gasteiger partial charge in [0.05, 0.1) is 0 Å². The summed E-state index contributed by atoms with van der Waals surface area (Å²) in [5, 5.41) is 3.46. The van der Waals surface area contributed by atoms with Crippen LogP contribution in [0.15, 0.2) is 65.7 Å². The van der Waals surface area contributed by atoms with E-state index in [1.165, 1.54) is 5.56 Å². The molecule has 0 aliphatic carbocycles. The first-order valence-electron chi connectivity index (χ1n) is 8.56. The molecule has 0 bridgehead atoms. The van der Waals surface area contributed by atoms with Gasteiger partial charge in [-0.1, -0.05) is 48.5 Å². The minimum Gasteiger partial charge on any atom is -0.490 e. The van der Waals surface area contributed by atoms with Crippen molar-refractivity contribution in [3.8, 4) is 5.75 Å². The van der Waals surface area contributed by atoms with Crippen LogP contribution < -0.4 is 10.1 Å². The van der Waals surface area contributed by atoms with Crippen molar-refractivity contribution in [2.45, 2.75) is 25.5 Å². The van der Waals surface area contributed by atoms with Gasteiger partial charge in [0.1, 0.15) is 11.9 Å². The zero-order chi connectivity index (χ0) is 16.6. The van der Waals surface area contributed by atoms with Gasteiger partial charge in [0.25, 0.3) is 0 Å². The zero-order valence-electron chi connectivity index (χ0n) is 14.6. The van der Waals surface area contributed by atoms with Gasteiger partial charge < -0.3 is 15.0 Å². The summed E-state index contributed by atoms with van der Waals surface area (Å²) in [5.41, 5.74) is 1.26. The number of hydrogen-bond donors (Lipinski definition) is 1.